The lowest BCUT2D eigenvalue weighted by Gasteiger charge is -2.31. The molecule has 7 heteroatoms. The number of aliphatic hydroxyl groups is 1. The van der Waals surface area contributed by atoms with Crippen molar-refractivity contribution in [3.8, 4) is 11.6 Å². The van der Waals surface area contributed by atoms with Crippen molar-refractivity contribution < 1.29 is 9.52 Å². The van der Waals surface area contributed by atoms with Crippen LogP contribution in [0.1, 0.15) is 19.8 Å². The molecule has 2 aromatic rings. The number of β-amino-alcohol motifs (C(OH)–C–C–N with tert-alkyl or cyclic N) is 1. The zero-order valence-electron chi connectivity index (χ0n) is 13.7. The van der Waals surface area contributed by atoms with Gasteiger partial charge < -0.3 is 19.0 Å². The van der Waals surface area contributed by atoms with Crippen LogP contribution in [0.25, 0.3) is 11.6 Å². The number of nitrogens with zero attached hydrogens (tertiary/aromatic N) is 4. The summed E-state index contributed by atoms with van der Waals surface area (Å²) in [5, 5.41) is 19.4. The maximum atomic E-state index is 10.3. The van der Waals surface area contributed by atoms with Gasteiger partial charge >= 0.3 is 0 Å². The molecule has 1 atom stereocenters. The van der Waals surface area contributed by atoms with E-state index < -0.39 is 0 Å². The molecule has 1 aliphatic heterocycles. The van der Waals surface area contributed by atoms with Crippen molar-refractivity contribution in [3.05, 3.63) is 18.4 Å². The van der Waals surface area contributed by atoms with Gasteiger partial charge in [0, 0.05) is 19.3 Å². The molecule has 0 amide bonds. The molecule has 0 aliphatic carbocycles. The lowest BCUT2D eigenvalue weighted by molar-refractivity contribution is 0.105. The highest BCUT2D eigenvalue weighted by Gasteiger charge is 2.19. The molecular weight excluding hydrogens is 312 g/mol. The fraction of sp³-hybridized carbons (Fsp3) is 0.625. The fourth-order valence-electron chi connectivity index (χ4n) is 2.83. The molecule has 0 spiro atoms. The summed E-state index contributed by atoms with van der Waals surface area (Å²) in [6, 6.07) is 3.70. The van der Waals surface area contributed by atoms with E-state index in [2.05, 4.69) is 22.0 Å². The van der Waals surface area contributed by atoms with E-state index in [1.165, 1.54) is 24.6 Å². The van der Waals surface area contributed by atoms with Crippen molar-refractivity contribution in [2.24, 2.45) is 13.0 Å². The molecule has 0 bridgehead atoms. The van der Waals surface area contributed by atoms with Crippen LogP contribution in [0.2, 0.25) is 0 Å². The number of aromatic nitrogens is 3. The Morgan fingerprint density at radius 2 is 2.17 bits per heavy atom. The largest absolute Gasteiger partial charge is 0.461 e. The summed E-state index contributed by atoms with van der Waals surface area (Å²) in [5.74, 6) is 2.85. The summed E-state index contributed by atoms with van der Waals surface area (Å²) >= 11 is 1.53. The second-order valence-corrected chi connectivity index (χ2v) is 7.28. The predicted octanol–water partition coefficient (Wildman–Crippen LogP) is 2.26. The fourth-order valence-corrected chi connectivity index (χ4v) is 3.65. The van der Waals surface area contributed by atoms with Crippen molar-refractivity contribution in [3.63, 3.8) is 0 Å². The van der Waals surface area contributed by atoms with Crippen molar-refractivity contribution in [1.29, 1.82) is 0 Å². The Kier molecular flexibility index (Phi) is 5.40. The quantitative estimate of drug-likeness (QED) is 0.816. The van der Waals surface area contributed by atoms with Crippen molar-refractivity contribution in [1.82, 2.24) is 19.7 Å². The molecule has 1 unspecified atom stereocenters. The molecule has 6 nitrogen and oxygen atoms in total. The van der Waals surface area contributed by atoms with Crippen LogP contribution in [0.5, 0.6) is 0 Å². The number of hydrogen-bond donors (Lipinski definition) is 1. The molecular formula is C16H24N4O2S. The Balaban J connectivity index is 1.50. The third-order valence-electron chi connectivity index (χ3n) is 4.33. The van der Waals surface area contributed by atoms with E-state index in [9.17, 15) is 5.11 Å². The summed E-state index contributed by atoms with van der Waals surface area (Å²) < 4.78 is 7.26. The lowest BCUT2D eigenvalue weighted by Crippen LogP contribution is -2.39. The molecule has 126 valence electrons. The van der Waals surface area contributed by atoms with Crippen LogP contribution in [-0.4, -0.2) is 56.3 Å². The Bertz CT molecular complexity index is 606. The predicted molar refractivity (Wildman–Crippen MR) is 90.3 cm³/mol. The van der Waals surface area contributed by atoms with E-state index in [0.29, 0.717) is 17.3 Å². The van der Waals surface area contributed by atoms with Gasteiger partial charge in [-0.05, 0) is 44.0 Å². The Hall–Kier alpha value is -1.31. The van der Waals surface area contributed by atoms with Crippen LogP contribution in [0.15, 0.2) is 28.0 Å². The van der Waals surface area contributed by atoms with E-state index in [0.717, 1.165) is 30.7 Å². The highest BCUT2D eigenvalue weighted by atomic mass is 32.2. The first kappa shape index (κ1) is 16.5. The highest BCUT2D eigenvalue weighted by Crippen LogP contribution is 2.23. The second-order valence-electron chi connectivity index (χ2n) is 6.29. The molecule has 1 fully saturated rings. The molecule has 0 radical (unpaired) electrons. The van der Waals surface area contributed by atoms with Crippen LogP contribution in [0.3, 0.4) is 0 Å². The number of furan rings is 1. The molecule has 23 heavy (non-hydrogen) atoms. The van der Waals surface area contributed by atoms with Crippen LogP contribution < -0.4 is 0 Å². The minimum absolute atomic E-state index is 0.350. The molecule has 1 N–H and O–H groups in total. The van der Waals surface area contributed by atoms with Crippen molar-refractivity contribution >= 4 is 11.8 Å². The number of likely N-dealkylation sites (tertiary alicyclic amines) is 1. The summed E-state index contributed by atoms with van der Waals surface area (Å²) in [4.78, 5) is 2.36. The SMILES string of the molecule is CC1CCN(CC(O)CSc2nnc(-c3ccco3)n2C)CC1. The molecule has 3 rings (SSSR count). The second kappa shape index (κ2) is 7.51. The third kappa shape index (κ3) is 4.16. The zero-order valence-corrected chi connectivity index (χ0v) is 14.5. The van der Waals surface area contributed by atoms with E-state index in [4.69, 9.17) is 4.42 Å². The van der Waals surface area contributed by atoms with Crippen molar-refractivity contribution in [2.75, 3.05) is 25.4 Å². The molecule has 2 aromatic heterocycles. The summed E-state index contributed by atoms with van der Waals surface area (Å²) in [5.41, 5.74) is 0. The van der Waals surface area contributed by atoms with Gasteiger partial charge in [0.2, 0.25) is 0 Å². The van der Waals surface area contributed by atoms with E-state index >= 15 is 0 Å². The number of aliphatic hydroxyl groups excluding tert-OH is 1. The summed E-state index contributed by atoms with van der Waals surface area (Å²) in [6.45, 7) is 5.22. The van der Waals surface area contributed by atoms with Gasteiger partial charge in [0.15, 0.2) is 16.7 Å². The van der Waals surface area contributed by atoms with Gasteiger partial charge in [-0.1, -0.05) is 18.7 Å². The van der Waals surface area contributed by atoms with E-state index in [1.807, 2.05) is 23.7 Å². The monoisotopic (exact) mass is 336 g/mol. The van der Waals surface area contributed by atoms with Crippen LogP contribution in [-0.2, 0) is 7.05 Å². The molecule has 1 aliphatic rings. The Labute approximate surface area is 140 Å². The number of rotatable bonds is 6. The first-order chi connectivity index (χ1) is 11.1. The van der Waals surface area contributed by atoms with E-state index in [-0.39, 0.29) is 6.10 Å². The smallest absolute Gasteiger partial charge is 0.200 e. The maximum Gasteiger partial charge on any atom is 0.200 e. The normalized spacial score (nSPS) is 18.4. The molecule has 0 saturated carbocycles. The first-order valence-corrected chi connectivity index (χ1v) is 9.08. The maximum absolute atomic E-state index is 10.3. The average Bonchev–Trinajstić information content (AvgIpc) is 3.17. The highest BCUT2D eigenvalue weighted by molar-refractivity contribution is 7.99. The van der Waals surface area contributed by atoms with Gasteiger partial charge in [-0.3, -0.25) is 0 Å². The van der Waals surface area contributed by atoms with Gasteiger partial charge in [0.25, 0.3) is 0 Å². The molecule has 0 aromatic carbocycles. The number of thioether (sulfide) groups is 1. The van der Waals surface area contributed by atoms with Crippen molar-refractivity contribution in [2.45, 2.75) is 31.0 Å². The van der Waals surface area contributed by atoms with Gasteiger partial charge in [-0.25, -0.2) is 0 Å². The van der Waals surface area contributed by atoms with E-state index in [1.54, 1.807) is 6.26 Å². The van der Waals surface area contributed by atoms with Gasteiger partial charge in [-0.2, -0.15) is 0 Å². The number of hydrogen-bond acceptors (Lipinski definition) is 6. The van der Waals surface area contributed by atoms with Crippen LogP contribution >= 0.6 is 11.8 Å². The molecule has 1 saturated heterocycles. The summed E-state index contributed by atoms with van der Waals surface area (Å²) in [6.07, 6.45) is 3.74. The molecule has 3 heterocycles. The standard InChI is InChI=1S/C16H24N4O2S/c1-12-5-7-20(8-6-12)10-13(21)11-23-16-18-17-15(19(16)2)14-4-3-9-22-14/h3-4,9,12-13,21H,5-8,10-11H2,1-2H3. The van der Waals surface area contributed by atoms with Gasteiger partial charge in [0.05, 0.1) is 12.4 Å². The topological polar surface area (TPSA) is 67.3 Å². The number of piperidine rings is 1. The van der Waals surface area contributed by atoms with Crippen LogP contribution in [0.4, 0.5) is 0 Å². The third-order valence-corrected chi connectivity index (χ3v) is 5.49. The summed E-state index contributed by atoms with van der Waals surface area (Å²) in [7, 11) is 1.92. The lowest BCUT2D eigenvalue weighted by atomic mass is 9.99. The first-order valence-electron chi connectivity index (χ1n) is 8.10. The Morgan fingerprint density at radius 1 is 1.39 bits per heavy atom. The minimum Gasteiger partial charge on any atom is -0.461 e. The zero-order chi connectivity index (χ0) is 16.2. The van der Waals surface area contributed by atoms with Crippen LogP contribution in [0, 0.1) is 5.92 Å². The minimum atomic E-state index is -0.350. The van der Waals surface area contributed by atoms with Gasteiger partial charge in [-0.15, -0.1) is 10.2 Å². The average molecular weight is 336 g/mol. The Morgan fingerprint density at radius 3 is 2.87 bits per heavy atom. The van der Waals surface area contributed by atoms with Gasteiger partial charge in [0.1, 0.15) is 0 Å².